The van der Waals surface area contributed by atoms with Crippen LogP contribution in [0.2, 0.25) is 0 Å². The molecule has 0 radical (unpaired) electrons. The molecule has 0 bridgehead atoms. The monoisotopic (exact) mass is 268 g/mol. The number of hydrogen-bond acceptors (Lipinski definition) is 5. The van der Waals surface area contributed by atoms with Gasteiger partial charge < -0.3 is 9.84 Å². The molecule has 106 valence electrons. The van der Waals surface area contributed by atoms with Crippen LogP contribution >= 0.6 is 0 Å². The van der Waals surface area contributed by atoms with E-state index >= 15 is 0 Å². The normalized spacial score (nSPS) is 23.7. The van der Waals surface area contributed by atoms with Gasteiger partial charge in [-0.1, -0.05) is 13.8 Å². The first-order valence-electron chi connectivity index (χ1n) is 6.70. The van der Waals surface area contributed by atoms with Gasteiger partial charge in [-0.2, -0.15) is 0 Å². The molecule has 1 saturated heterocycles. The summed E-state index contributed by atoms with van der Waals surface area (Å²) in [6.45, 7) is 6.32. The second-order valence-electron chi connectivity index (χ2n) is 4.96. The molecule has 2 atom stereocenters. The fraction of sp³-hybridized carbons (Fsp3) is 0.833. The molecule has 0 aliphatic carbocycles. The van der Waals surface area contributed by atoms with Crippen molar-refractivity contribution in [3.63, 3.8) is 0 Å². The minimum absolute atomic E-state index is 0.0185. The molecule has 2 unspecified atom stereocenters. The average molecular weight is 268 g/mol. The van der Waals surface area contributed by atoms with Gasteiger partial charge >= 0.3 is 5.97 Å². The number of ether oxygens (including phenoxy) is 1. The first kappa shape index (κ1) is 13.9. The number of carbonyl (C=O) groups is 1. The molecular weight excluding hydrogens is 248 g/mol. The fourth-order valence-corrected chi connectivity index (χ4v) is 2.74. The maximum atomic E-state index is 11.7. The number of tetrazole rings is 1. The quantitative estimate of drug-likeness (QED) is 0.862. The summed E-state index contributed by atoms with van der Waals surface area (Å²) in [5.74, 6) is -0.208. The first-order chi connectivity index (χ1) is 9.06. The minimum Gasteiger partial charge on any atom is -0.479 e. The van der Waals surface area contributed by atoms with E-state index in [1.165, 1.54) is 4.68 Å². The molecule has 0 spiro atoms. The molecule has 7 heteroatoms. The summed E-state index contributed by atoms with van der Waals surface area (Å²) in [4.78, 5) is 11.7. The average Bonchev–Trinajstić information content (AvgIpc) is 3.00. The number of aliphatic carboxylic acids is 1. The van der Waals surface area contributed by atoms with Crippen LogP contribution in [0.5, 0.6) is 0 Å². The first-order valence-corrected chi connectivity index (χ1v) is 6.70. The second-order valence-corrected chi connectivity index (χ2v) is 4.96. The Kier molecular flexibility index (Phi) is 3.84. The van der Waals surface area contributed by atoms with E-state index in [9.17, 15) is 9.90 Å². The van der Waals surface area contributed by atoms with Crippen molar-refractivity contribution in [1.82, 2.24) is 20.2 Å². The van der Waals surface area contributed by atoms with E-state index in [1.807, 2.05) is 20.8 Å². The molecule has 1 aliphatic rings. The molecule has 19 heavy (non-hydrogen) atoms. The highest BCUT2D eigenvalue weighted by Gasteiger charge is 2.43. The van der Waals surface area contributed by atoms with E-state index in [0.717, 1.165) is 6.42 Å². The van der Waals surface area contributed by atoms with Crippen LogP contribution in [0.1, 0.15) is 51.8 Å². The summed E-state index contributed by atoms with van der Waals surface area (Å²) >= 11 is 0. The molecule has 7 nitrogen and oxygen atoms in total. The molecule has 0 aromatic carbocycles. The Labute approximate surface area is 111 Å². The lowest BCUT2D eigenvalue weighted by molar-refractivity contribution is -0.149. The highest BCUT2D eigenvalue weighted by Crippen LogP contribution is 2.34. The predicted octanol–water partition coefficient (Wildman–Crippen LogP) is 1.17. The zero-order valence-corrected chi connectivity index (χ0v) is 11.5. The third kappa shape index (κ3) is 2.11. The Morgan fingerprint density at radius 2 is 2.21 bits per heavy atom. The second kappa shape index (κ2) is 5.24. The fourth-order valence-electron chi connectivity index (χ4n) is 2.74. The Morgan fingerprint density at radius 1 is 1.53 bits per heavy atom. The zero-order valence-electron chi connectivity index (χ0n) is 11.5. The molecule has 1 fully saturated rings. The summed E-state index contributed by atoms with van der Waals surface area (Å²) in [7, 11) is 0. The van der Waals surface area contributed by atoms with Gasteiger partial charge in [0.25, 0.3) is 0 Å². The minimum atomic E-state index is -1.07. The molecule has 1 aromatic heterocycles. The van der Waals surface area contributed by atoms with Crippen LogP contribution in [0.15, 0.2) is 0 Å². The van der Waals surface area contributed by atoms with Crippen LogP contribution in [0.3, 0.4) is 0 Å². The summed E-state index contributed by atoms with van der Waals surface area (Å²) in [6.07, 6.45) is 1.73. The van der Waals surface area contributed by atoms with Crippen molar-refractivity contribution in [3.8, 4) is 0 Å². The van der Waals surface area contributed by atoms with Gasteiger partial charge in [0, 0.05) is 12.5 Å². The lowest BCUT2D eigenvalue weighted by atomic mass is 9.91. The maximum Gasteiger partial charge on any atom is 0.331 e. The SMILES string of the molecule is CCC(CC)(C(=O)O)n1nnnc1C1CCOC1C. The Morgan fingerprint density at radius 3 is 2.68 bits per heavy atom. The number of rotatable bonds is 5. The van der Waals surface area contributed by atoms with Crippen LogP contribution in [0.25, 0.3) is 0 Å². The van der Waals surface area contributed by atoms with Crippen molar-refractivity contribution in [2.24, 2.45) is 0 Å². The van der Waals surface area contributed by atoms with Crippen molar-refractivity contribution < 1.29 is 14.6 Å². The largest absolute Gasteiger partial charge is 0.479 e. The summed E-state index contributed by atoms with van der Waals surface area (Å²) in [5.41, 5.74) is -1.07. The highest BCUT2D eigenvalue weighted by atomic mass is 16.5. The molecule has 1 N–H and O–H groups in total. The van der Waals surface area contributed by atoms with Crippen molar-refractivity contribution in [2.75, 3.05) is 6.61 Å². The van der Waals surface area contributed by atoms with Gasteiger partial charge in [0.15, 0.2) is 11.4 Å². The lowest BCUT2D eigenvalue weighted by Crippen LogP contribution is -2.43. The van der Waals surface area contributed by atoms with Crippen LogP contribution < -0.4 is 0 Å². The van der Waals surface area contributed by atoms with E-state index in [4.69, 9.17) is 4.74 Å². The van der Waals surface area contributed by atoms with E-state index in [-0.39, 0.29) is 12.0 Å². The third-order valence-electron chi connectivity index (χ3n) is 4.17. The standard InChI is InChI=1S/C12H20N4O3/c1-4-12(5-2,11(17)18)16-10(13-14-15-16)9-6-7-19-8(9)3/h8-9H,4-7H2,1-3H3,(H,17,18). The van der Waals surface area contributed by atoms with Gasteiger partial charge in [-0.05, 0) is 36.6 Å². The van der Waals surface area contributed by atoms with Gasteiger partial charge in [0.05, 0.1) is 6.10 Å². The molecule has 2 heterocycles. The number of carboxylic acids is 1. The predicted molar refractivity (Wildman–Crippen MR) is 66.8 cm³/mol. The lowest BCUT2D eigenvalue weighted by Gasteiger charge is -2.29. The Bertz CT molecular complexity index is 456. The number of aromatic nitrogens is 4. The summed E-state index contributed by atoms with van der Waals surface area (Å²) in [5, 5.41) is 21.3. The van der Waals surface area contributed by atoms with Crippen LogP contribution in [0, 0.1) is 0 Å². The van der Waals surface area contributed by atoms with E-state index in [1.54, 1.807) is 0 Å². The van der Waals surface area contributed by atoms with E-state index in [0.29, 0.717) is 25.3 Å². The molecule has 2 rings (SSSR count). The van der Waals surface area contributed by atoms with E-state index in [2.05, 4.69) is 15.5 Å². The third-order valence-corrected chi connectivity index (χ3v) is 4.17. The van der Waals surface area contributed by atoms with E-state index < -0.39 is 11.5 Å². The van der Waals surface area contributed by atoms with Crippen molar-refractivity contribution in [3.05, 3.63) is 5.82 Å². The van der Waals surface area contributed by atoms with Crippen molar-refractivity contribution >= 4 is 5.97 Å². The summed E-state index contributed by atoms with van der Waals surface area (Å²) in [6, 6.07) is 0. The molecule has 0 amide bonds. The Balaban J connectivity index is 2.45. The molecule has 1 aliphatic heterocycles. The maximum absolute atomic E-state index is 11.7. The van der Waals surface area contributed by atoms with Crippen molar-refractivity contribution in [1.29, 1.82) is 0 Å². The summed E-state index contributed by atoms with van der Waals surface area (Å²) < 4.78 is 7.02. The zero-order chi connectivity index (χ0) is 14.0. The van der Waals surface area contributed by atoms with Gasteiger partial charge in [-0.15, -0.1) is 5.10 Å². The topological polar surface area (TPSA) is 90.1 Å². The molecular formula is C12H20N4O3. The Hall–Kier alpha value is -1.50. The molecule has 1 aromatic rings. The van der Waals surface area contributed by atoms with Gasteiger partial charge in [-0.25, -0.2) is 9.48 Å². The van der Waals surface area contributed by atoms with Crippen LogP contribution in [-0.2, 0) is 15.1 Å². The highest BCUT2D eigenvalue weighted by molar-refractivity contribution is 5.76. The van der Waals surface area contributed by atoms with Gasteiger partial charge in [0.2, 0.25) is 0 Å². The molecule has 0 saturated carbocycles. The van der Waals surface area contributed by atoms with Gasteiger partial charge in [-0.3, -0.25) is 0 Å². The van der Waals surface area contributed by atoms with Crippen molar-refractivity contribution in [2.45, 2.75) is 57.6 Å². The number of carboxylic acid groups (broad SMARTS) is 1. The number of nitrogens with zero attached hydrogens (tertiary/aromatic N) is 4. The van der Waals surface area contributed by atoms with Gasteiger partial charge in [0.1, 0.15) is 0 Å². The smallest absolute Gasteiger partial charge is 0.331 e. The van der Waals surface area contributed by atoms with Crippen LogP contribution in [-0.4, -0.2) is 44.0 Å². The van der Waals surface area contributed by atoms with Crippen LogP contribution in [0.4, 0.5) is 0 Å². The number of hydrogen-bond donors (Lipinski definition) is 1.